The van der Waals surface area contributed by atoms with Gasteiger partial charge in [-0.3, -0.25) is 4.79 Å². The predicted octanol–water partition coefficient (Wildman–Crippen LogP) is 3.63. The molecule has 1 fully saturated rings. The molecule has 0 bridgehead atoms. The Bertz CT molecular complexity index is 961. The quantitative estimate of drug-likeness (QED) is 0.606. The molecule has 1 aliphatic heterocycles. The number of carbonyl (C=O) groups is 1. The molecule has 3 aromatic rings. The number of halogens is 1. The molecule has 4 rings (SSSR count). The molecule has 140 valence electrons. The van der Waals surface area contributed by atoms with Gasteiger partial charge in [-0.25, -0.2) is 0 Å². The molecule has 1 saturated heterocycles. The summed E-state index contributed by atoms with van der Waals surface area (Å²) in [4.78, 5) is 18.6. The Kier molecular flexibility index (Phi) is 4.61. The molecule has 0 N–H and O–H groups in total. The smallest absolute Gasteiger partial charge is 0.293 e. The number of aromatic nitrogens is 2. The largest absolute Gasteiger partial charge is 0.497 e. The van der Waals surface area contributed by atoms with Crippen molar-refractivity contribution in [3.63, 3.8) is 0 Å². The second-order valence-corrected chi connectivity index (χ2v) is 6.82. The Hall–Kier alpha value is -2.81. The summed E-state index contributed by atoms with van der Waals surface area (Å²) in [6, 6.07) is 8.83. The first-order valence-corrected chi connectivity index (χ1v) is 8.99. The van der Waals surface area contributed by atoms with E-state index in [1.807, 2.05) is 0 Å². The molecule has 1 atom stereocenters. The standard InChI is InChI=1S/C18H16BrN3O5/c1-24-12-6-11(7-13(8-12)25-2)22-9-10(5-16(22)23)17-20-18(27-21-17)14-3-4-15(19)26-14/h3-4,6-8,10H,5,9H2,1-2H3. The molecule has 1 aromatic carbocycles. The first kappa shape index (κ1) is 17.6. The Morgan fingerprint density at radius 3 is 2.56 bits per heavy atom. The van der Waals surface area contributed by atoms with E-state index in [0.717, 1.165) is 0 Å². The zero-order valence-electron chi connectivity index (χ0n) is 14.6. The Labute approximate surface area is 163 Å². The Balaban J connectivity index is 1.57. The zero-order valence-corrected chi connectivity index (χ0v) is 16.2. The monoisotopic (exact) mass is 433 g/mol. The van der Waals surface area contributed by atoms with Crippen LogP contribution in [0.5, 0.6) is 11.5 Å². The summed E-state index contributed by atoms with van der Waals surface area (Å²) >= 11 is 3.24. The highest BCUT2D eigenvalue weighted by atomic mass is 79.9. The number of methoxy groups -OCH3 is 2. The van der Waals surface area contributed by atoms with E-state index in [4.69, 9.17) is 18.4 Å². The lowest BCUT2D eigenvalue weighted by molar-refractivity contribution is -0.117. The zero-order chi connectivity index (χ0) is 19.0. The average Bonchev–Trinajstić information content (AvgIpc) is 3.40. The SMILES string of the molecule is COc1cc(OC)cc(N2CC(c3noc(-c4ccc(Br)o4)n3)CC2=O)c1. The van der Waals surface area contributed by atoms with Crippen molar-refractivity contribution in [2.75, 3.05) is 25.7 Å². The number of hydrogen-bond acceptors (Lipinski definition) is 7. The van der Waals surface area contributed by atoms with Crippen molar-refractivity contribution in [1.82, 2.24) is 10.1 Å². The lowest BCUT2D eigenvalue weighted by Gasteiger charge is -2.18. The van der Waals surface area contributed by atoms with Gasteiger partial charge < -0.3 is 23.3 Å². The molecule has 0 saturated carbocycles. The lowest BCUT2D eigenvalue weighted by Crippen LogP contribution is -2.24. The first-order chi connectivity index (χ1) is 13.1. The van der Waals surface area contributed by atoms with Crippen LogP contribution in [-0.4, -0.2) is 36.8 Å². The number of ether oxygens (including phenoxy) is 2. The number of rotatable bonds is 5. The van der Waals surface area contributed by atoms with Gasteiger partial charge >= 0.3 is 0 Å². The van der Waals surface area contributed by atoms with Crippen LogP contribution in [0.15, 0.2) is 43.9 Å². The fraction of sp³-hybridized carbons (Fsp3) is 0.278. The van der Waals surface area contributed by atoms with Crippen LogP contribution < -0.4 is 14.4 Å². The molecule has 3 heterocycles. The summed E-state index contributed by atoms with van der Waals surface area (Å²) in [5.74, 6) is 2.26. The molecule has 0 spiro atoms. The number of benzene rings is 1. The first-order valence-electron chi connectivity index (χ1n) is 8.20. The fourth-order valence-electron chi connectivity index (χ4n) is 3.01. The van der Waals surface area contributed by atoms with E-state index >= 15 is 0 Å². The third-order valence-corrected chi connectivity index (χ3v) is 4.79. The van der Waals surface area contributed by atoms with Gasteiger partial charge in [0.2, 0.25) is 5.91 Å². The van der Waals surface area contributed by atoms with Gasteiger partial charge in [0, 0.05) is 37.1 Å². The molecule has 0 radical (unpaired) electrons. The van der Waals surface area contributed by atoms with Crippen molar-refractivity contribution in [3.8, 4) is 23.1 Å². The van der Waals surface area contributed by atoms with Gasteiger partial charge in [0.05, 0.1) is 19.9 Å². The van der Waals surface area contributed by atoms with E-state index in [1.165, 1.54) is 0 Å². The summed E-state index contributed by atoms with van der Waals surface area (Å²) < 4.78 is 21.9. The van der Waals surface area contributed by atoms with Gasteiger partial charge in [-0.1, -0.05) is 5.16 Å². The molecule has 9 heteroatoms. The van der Waals surface area contributed by atoms with Gasteiger partial charge in [-0.15, -0.1) is 0 Å². The molecular formula is C18H16BrN3O5. The van der Waals surface area contributed by atoms with E-state index < -0.39 is 0 Å². The van der Waals surface area contributed by atoms with Crippen molar-refractivity contribution >= 4 is 27.5 Å². The average molecular weight is 434 g/mol. The maximum absolute atomic E-state index is 12.6. The van der Waals surface area contributed by atoms with E-state index in [2.05, 4.69) is 26.1 Å². The van der Waals surface area contributed by atoms with Gasteiger partial charge in [-0.05, 0) is 28.1 Å². The minimum Gasteiger partial charge on any atom is -0.497 e. The van der Waals surface area contributed by atoms with Crippen molar-refractivity contribution in [3.05, 3.63) is 40.8 Å². The number of hydrogen-bond donors (Lipinski definition) is 0. The lowest BCUT2D eigenvalue weighted by atomic mass is 10.1. The summed E-state index contributed by atoms with van der Waals surface area (Å²) in [5, 5.41) is 4.02. The van der Waals surface area contributed by atoms with E-state index in [1.54, 1.807) is 49.5 Å². The second-order valence-electron chi connectivity index (χ2n) is 6.04. The highest BCUT2D eigenvalue weighted by Gasteiger charge is 2.35. The molecule has 8 nitrogen and oxygen atoms in total. The molecular weight excluding hydrogens is 418 g/mol. The maximum atomic E-state index is 12.6. The highest BCUT2D eigenvalue weighted by Crippen LogP contribution is 2.35. The number of anilines is 1. The van der Waals surface area contributed by atoms with Crippen molar-refractivity contribution < 1.29 is 23.2 Å². The fourth-order valence-corrected chi connectivity index (χ4v) is 3.31. The van der Waals surface area contributed by atoms with Crippen LogP contribution in [0.1, 0.15) is 18.2 Å². The molecule has 1 aliphatic rings. The number of nitrogens with zero attached hydrogens (tertiary/aromatic N) is 3. The topological polar surface area (TPSA) is 90.8 Å². The van der Waals surface area contributed by atoms with Gasteiger partial charge in [0.25, 0.3) is 5.89 Å². The third kappa shape index (κ3) is 3.42. The van der Waals surface area contributed by atoms with Crippen molar-refractivity contribution in [2.24, 2.45) is 0 Å². The molecule has 0 aliphatic carbocycles. The molecule has 1 amide bonds. The van der Waals surface area contributed by atoms with Crippen LogP contribution in [0.2, 0.25) is 0 Å². The van der Waals surface area contributed by atoms with Crippen LogP contribution >= 0.6 is 15.9 Å². The number of carbonyl (C=O) groups excluding carboxylic acids is 1. The second kappa shape index (κ2) is 7.07. The summed E-state index contributed by atoms with van der Waals surface area (Å²) in [7, 11) is 3.14. The van der Waals surface area contributed by atoms with Crippen LogP contribution in [-0.2, 0) is 4.79 Å². The Morgan fingerprint density at radius 1 is 1.19 bits per heavy atom. The van der Waals surface area contributed by atoms with Crippen molar-refractivity contribution in [2.45, 2.75) is 12.3 Å². The summed E-state index contributed by atoms with van der Waals surface area (Å²) in [6.45, 7) is 0.440. The Morgan fingerprint density at radius 2 is 1.93 bits per heavy atom. The number of furan rings is 1. The summed E-state index contributed by atoms with van der Waals surface area (Å²) in [6.07, 6.45) is 0.292. The van der Waals surface area contributed by atoms with E-state index in [-0.39, 0.29) is 17.7 Å². The van der Waals surface area contributed by atoms with Crippen LogP contribution in [0.4, 0.5) is 5.69 Å². The van der Waals surface area contributed by atoms with Gasteiger partial charge in [-0.2, -0.15) is 4.98 Å². The highest BCUT2D eigenvalue weighted by molar-refractivity contribution is 9.10. The normalized spacial score (nSPS) is 16.8. The van der Waals surface area contributed by atoms with E-state index in [0.29, 0.717) is 46.4 Å². The van der Waals surface area contributed by atoms with Gasteiger partial charge in [0.15, 0.2) is 16.3 Å². The predicted molar refractivity (Wildman–Crippen MR) is 99.0 cm³/mol. The van der Waals surface area contributed by atoms with Gasteiger partial charge in [0.1, 0.15) is 11.5 Å². The molecule has 1 unspecified atom stereocenters. The van der Waals surface area contributed by atoms with E-state index in [9.17, 15) is 4.79 Å². The summed E-state index contributed by atoms with van der Waals surface area (Å²) in [5.41, 5.74) is 0.706. The minimum atomic E-state index is -0.175. The van der Waals surface area contributed by atoms with Crippen LogP contribution in [0, 0.1) is 0 Å². The van der Waals surface area contributed by atoms with Crippen LogP contribution in [0.3, 0.4) is 0 Å². The maximum Gasteiger partial charge on any atom is 0.293 e. The number of amides is 1. The molecule has 27 heavy (non-hydrogen) atoms. The molecule has 2 aromatic heterocycles. The minimum absolute atomic E-state index is 0.0256. The third-order valence-electron chi connectivity index (χ3n) is 4.36. The van der Waals surface area contributed by atoms with Crippen LogP contribution in [0.25, 0.3) is 11.7 Å². The van der Waals surface area contributed by atoms with Crippen molar-refractivity contribution in [1.29, 1.82) is 0 Å².